The molecule has 0 atom stereocenters. The van der Waals surface area contributed by atoms with Crippen LogP contribution in [0.2, 0.25) is 0 Å². The quantitative estimate of drug-likeness (QED) is 0.0507. The van der Waals surface area contributed by atoms with Gasteiger partial charge in [-0.15, -0.1) is 79.4 Å². The lowest BCUT2D eigenvalue weighted by atomic mass is 9.83. The van der Waals surface area contributed by atoms with Crippen LogP contribution in [0.25, 0.3) is 139 Å². The first kappa shape index (κ1) is 83.1. The lowest BCUT2D eigenvalue weighted by molar-refractivity contribution is -0.121. The largest absolute Gasteiger partial charge is 0.485 e. The summed E-state index contributed by atoms with van der Waals surface area (Å²) >= 11 is 11.1. The molecule has 0 radical (unpaired) electrons. The maximum absolute atomic E-state index is 11.2. The molecule has 5 aliphatic heterocycles. The Labute approximate surface area is 761 Å². The van der Waals surface area contributed by atoms with E-state index < -0.39 is 0 Å². The number of fused-ring (bicyclic) bond motifs is 8. The fourth-order valence-electron chi connectivity index (χ4n) is 14.6. The van der Waals surface area contributed by atoms with E-state index in [4.69, 9.17) is 85.8 Å². The summed E-state index contributed by atoms with van der Waals surface area (Å²) < 4.78 is 89.6. The first-order valence-electron chi connectivity index (χ1n) is 39.2. The number of hydrogen-bond donors (Lipinski definition) is 0. The standard InChI is InChI=1S/C34H23N3O6S3.C28H18N4O8S2.C27H17N5O8S2/c1-34(2)21-13-28(45-31(21)32-22(34)14-29(46-32)33-30-27(15-44-33)40-7-8-41-30)18-3-5-35-23(9-18)25-11-20(43-17-39)12-26(37-25)24-10-19(42-16-38)4-6-36-24;33-13-39-15-1-3-29-18(9-15)19-10-16(40-14-34)11-20(31-19)28-30-4-2-17(32-28)25-23-24(38-8-7-37-23)27(42-25)26-22-21(12-41-26)35-5-6-36-22;33-12-39-14-1-2-28-16(7-14)17-8-15(40-13-34)9-18(31-17)26-29-11-30-27(32-26)25-22-21(37-5-6-38-22)24(42-25)23-20-19(10-41-23)35-3-4-36-20/h3-6,9-17H,7-8H2,1-2H3;1-4,9-14H,5-8H2;1-2,7-13H,3-6H2. The Morgan fingerprint density at radius 2 is 0.623 bits per heavy atom. The second kappa shape index (κ2) is 36.3. The molecule has 16 aromatic rings. The Morgan fingerprint density at radius 1 is 0.277 bits per heavy atom. The zero-order valence-electron chi connectivity index (χ0n) is 67.3. The van der Waals surface area contributed by atoms with Crippen LogP contribution in [0.3, 0.4) is 0 Å². The molecule has 0 aromatic carbocycles. The molecule has 0 spiro atoms. The lowest BCUT2D eigenvalue weighted by Gasteiger charge is -2.19. The molecule has 648 valence electrons. The minimum atomic E-state index is -0.162. The second-order valence-corrected chi connectivity index (χ2v) is 35.2. The summed E-state index contributed by atoms with van der Waals surface area (Å²) in [7, 11) is 0. The molecular weight excluding hydrogens is 1810 g/mol. The minimum absolute atomic E-state index is 0.162. The number of pyridine rings is 7. The summed E-state index contributed by atoms with van der Waals surface area (Å²) in [5.74, 6) is 9.16. The van der Waals surface area contributed by atoms with Crippen molar-refractivity contribution < 1.29 is 105 Å². The van der Waals surface area contributed by atoms with Gasteiger partial charge in [0.25, 0.3) is 38.8 Å². The highest BCUT2D eigenvalue weighted by Gasteiger charge is 2.41. The first-order valence-corrected chi connectivity index (χ1v) is 45.1. The molecule has 1 aliphatic carbocycles. The Morgan fingerprint density at radius 3 is 1.10 bits per heavy atom. The van der Waals surface area contributed by atoms with Gasteiger partial charge in [0.05, 0.1) is 80.5 Å². The van der Waals surface area contributed by atoms with E-state index in [1.807, 2.05) is 28.3 Å². The molecule has 0 fully saturated rings. The molecule has 41 heteroatoms. The fraction of sp³-hybridized carbons (Fsp3) is 0.146. The smallest absolute Gasteiger partial charge is 0.298 e. The van der Waals surface area contributed by atoms with E-state index in [0.717, 1.165) is 51.2 Å². The predicted molar refractivity (Wildman–Crippen MR) is 476 cm³/mol. The van der Waals surface area contributed by atoms with E-state index in [0.29, 0.717) is 224 Å². The third kappa shape index (κ3) is 16.5. The van der Waals surface area contributed by atoms with Crippen LogP contribution in [0, 0.1) is 0 Å². The highest BCUT2D eigenvalue weighted by Crippen LogP contribution is 2.63. The van der Waals surface area contributed by atoms with Gasteiger partial charge in [0.2, 0.25) is 0 Å². The van der Waals surface area contributed by atoms with Gasteiger partial charge in [-0.1, -0.05) is 13.8 Å². The number of nitrogens with zero attached hydrogens (tertiary/aromatic N) is 12. The molecule has 16 aromatic heterocycles. The molecule has 21 heterocycles. The van der Waals surface area contributed by atoms with E-state index in [-0.39, 0.29) is 51.5 Å². The number of carbonyl (C=O) groups excluding carboxylic acids is 6. The van der Waals surface area contributed by atoms with Gasteiger partial charge in [0, 0.05) is 127 Å². The molecule has 0 saturated carbocycles. The van der Waals surface area contributed by atoms with Crippen LogP contribution in [0.4, 0.5) is 0 Å². The van der Waals surface area contributed by atoms with Crippen LogP contribution >= 0.6 is 79.4 Å². The fourth-order valence-corrected chi connectivity index (χ4v) is 22.9. The SMILES string of the molecule is CC1(C)c2cc(-c3ccnc(-c4cc(OC=O)cc(-c5cc(OC=O)ccn5)n4)c3)sc2-c2sc(-c3scc4c3OCCO4)cc21.O=COc1ccnc(-c2cc(OC=O)cc(-c3nccc(-c4sc(-c5scc6c5OCCO6)c5c4OCCO5)n3)n2)c1.O=COc1ccnc(-c2cc(OC=O)cc(-c3ncnc(-c4sc(-c5scc6c5OCCO6)c5c4OCCO5)n3)n2)c1. The molecule has 0 saturated heterocycles. The van der Waals surface area contributed by atoms with Gasteiger partial charge >= 0.3 is 0 Å². The van der Waals surface area contributed by atoms with Crippen molar-refractivity contribution in [3.63, 3.8) is 0 Å². The van der Waals surface area contributed by atoms with Crippen molar-refractivity contribution in [2.75, 3.05) is 66.1 Å². The summed E-state index contributed by atoms with van der Waals surface area (Å²) in [6.45, 7) is 11.1. The van der Waals surface area contributed by atoms with Gasteiger partial charge in [-0.25, -0.2) is 39.9 Å². The number of hydrogen-bond acceptors (Lipinski definition) is 41. The average molecular weight is 1870 g/mol. The van der Waals surface area contributed by atoms with Crippen molar-refractivity contribution in [3.8, 4) is 231 Å². The van der Waals surface area contributed by atoms with Crippen LogP contribution in [0.1, 0.15) is 25.0 Å². The van der Waals surface area contributed by atoms with Crippen molar-refractivity contribution in [1.29, 1.82) is 0 Å². The van der Waals surface area contributed by atoms with E-state index in [1.165, 1.54) is 138 Å². The summed E-state index contributed by atoms with van der Waals surface area (Å²) in [5.41, 5.74) is 8.09. The second-order valence-electron chi connectivity index (χ2n) is 28.4. The number of thiophene rings is 7. The van der Waals surface area contributed by atoms with Crippen LogP contribution in [0.5, 0.6) is 92.0 Å². The highest BCUT2D eigenvalue weighted by molar-refractivity contribution is 7.28. The van der Waals surface area contributed by atoms with Gasteiger partial charge < -0.3 is 75.8 Å². The molecule has 0 unspecified atom stereocenters. The molecule has 0 bridgehead atoms. The van der Waals surface area contributed by atoms with Gasteiger partial charge in [-0.2, -0.15) is 0 Å². The van der Waals surface area contributed by atoms with Crippen molar-refractivity contribution >= 4 is 118 Å². The highest BCUT2D eigenvalue weighted by atomic mass is 32.1. The summed E-state index contributed by atoms with van der Waals surface area (Å²) in [6.07, 6.45) is 9.18. The average Bonchev–Trinajstić information content (AvgIpc) is 1.55. The van der Waals surface area contributed by atoms with Gasteiger partial charge in [-0.05, 0) is 65.2 Å². The van der Waals surface area contributed by atoms with E-state index in [2.05, 4.69) is 75.8 Å². The number of carbonyl (C=O) groups is 6. The maximum atomic E-state index is 11.2. The third-order valence-corrected chi connectivity index (χ3v) is 28.4. The lowest BCUT2D eigenvalue weighted by Crippen LogP contribution is -2.15. The topological polar surface area (TPSA) is 405 Å². The van der Waals surface area contributed by atoms with Crippen LogP contribution in [-0.2, 0) is 34.2 Å². The Balaban J connectivity index is 0.000000122. The molecule has 0 N–H and O–H groups in total. The zero-order valence-corrected chi connectivity index (χ0v) is 73.0. The predicted octanol–water partition coefficient (Wildman–Crippen LogP) is 16.6. The van der Waals surface area contributed by atoms with Crippen molar-refractivity contribution in [1.82, 2.24) is 59.8 Å². The van der Waals surface area contributed by atoms with Crippen molar-refractivity contribution in [2.24, 2.45) is 0 Å². The maximum Gasteiger partial charge on any atom is 0.298 e. The van der Waals surface area contributed by atoms with Gasteiger partial charge in [-0.3, -0.25) is 48.7 Å². The van der Waals surface area contributed by atoms with Gasteiger partial charge in [0.15, 0.2) is 75.0 Å². The summed E-state index contributed by atoms with van der Waals surface area (Å²) in [4.78, 5) is 131. The molecule has 34 nitrogen and oxygen atoms in total. The normalized spacial score (nSPS) is 13.6. The summed E-state index contributed by atoms with van der Waals surface area (Å²) in [5, 5.41) is 5.87. The van der Waals surface area contributed by atoms with Crippen LogP contribution in [-0.4, -0.2) is 165 Å². The van der Waals surface area contributed by atoms with Crippen LogP contribution in [0.15, 0.2) is 157 Å². The molecule has 6 aliphatic rings. The van der Waals surface area contributed by atoms with Crippen molar-refractivity contribution in [3.05, 3.63) is 168 Å². The molecule has 130 heavy (non-hydrogen) atoms. The zero-order chi connectivity index (χ0) is 88.4. The Hall–Kier alpha value is -15.1. The van der Waals surface area contributed by atoms with E-state index in [9.17, 15) is 28.8 Å². The molecule has 0 amide bonds. The van der Waals surface area contributed by atoms with Gasteiger partial charge in [0.1, 0.15) is 123 Å². The van der Waals surface area contributed by atoms with E-state index in [1.54, 1.807) is 82.8 Å². The number of rotatable bonds is 24. The number of ether oxygens (including phenoxy) is 16. The Kier molecular flexibility index (Phi) is 23.2. The molecular formula is C89H58N12O22S7. The minimum Gasteiger partial charge on any atom is -0.485 e. The summed E-state index contributed by atoms with van der Waals surface area (Å²) in [6, 6.07) is 29.0. The first-order chi connectivity index (χ1) is 63.8. The van der Waals surface area contributed by atoms with E-state index >= 15 is 0 Å². The number of aromatic nitrogens is 12. The molecule has 22 rings (SSSR count). The monoisotopic (exact) mass is 1870 g/mol. The third-order valence-electron chi connectivity index (χ3n) is 20.3. The van der Waals surface area contributed by atoms with Crippen LogP contribution < -0.4 is 75.8 Å². The van der Waals surface area contributed by atoms with Crippen molar-refractivity contribution in [2.45, 2.75) is 19.3 Å². The Bertz CT molecular complexity index is 6860.